The topological polar surface area (TPSA) is 37.4 Å². The van der Waals surface area contributed by atoms with Gasteiger partial charge in [0.1, 0.15) is 4.66 Å². The Kier molecular flexibility index (Phi) is 5.06. The molecule has 0 N–H and O–H groups in total. The summed E-state index contributed by atoms with van der Waals surface area (Å²) in [4.78, 5) is 0. The number of hydrogen-bond donors (Lipinski definition) is 0. The lowest BCUT2D eigenvalue weighted by Crippen LogP contribution is -2.32. The highest BCUT2D eigenvalue weighted by atomic mass is 79.9. The van der Waals surface area contributed by atoms with Crippen LogP contribution in [-0.2, 0) is 10.0 Å². The maximum Gasteiger partial charge on any atom is 0.224 e. The molecule has 1 aliphatic rings. The fourth-order valence-electron chi connectivity index (χ4n) is 2.11. The largest absolute Gasteiger partial charge is 0.224 e. The van der Waals surface area contributed by atoms with Crippen LogP contribution in [0.25, 0.3) is 0 Å². The van der Waals surface area contributed by atoms with Crippen LogP contribution in [0.3, 0.4) is 0 Å². The summed E-state index contributed by atoms with van der Waals surface area (Å²) in [7, 11) is -3.04. The van der Waals surface area contributed by atoms with E-state index in [1.54, 1.807) is 4.31 Å². The van der Waals surface area contributed by atoms with Gasteiger partial charge >= 0.3 is 0 Å². The van der Waals surface area contributed by atoms with E-state index in [1.807, 2.05) is 0 Å². The fourth-order valence-corrected chi connectivity index (χ4v) is 3.91. The Bertz CT molecular complexity index is 290. The molecule has 0 bridgehead atoms. The van der Waals surface area contributed by atoms with Crippen molar-refractivity contribution in [3.63, 3.8) is 0 Å². The highest BCUT2D eigenvalue weighted by Gasteiger charge is 2.25. The van der Waals surface area contributed by atoms with Crippen molar-refractivity contribution in [1.82, 2.24) is 4.31 Å². The third-order valence-electron chi connectivity index (χ3n) is 3.21. The molecular weight excluding hydrogens is 278 g/mol. The summed E-state index contributed by atoms with van der Waals surface area (Å²) in [5.74, 6) is 1.34. The predicted octanol–water partition coefficient (Wildman–Crippen LogP) is 2.43. The van der Waals surface area contributed by atoms with Gasteiger partial charge in [0, 0.05) is 13.1 Å². The van der Waals surface area contributed by atoms with Gasteiger partial charge in [-0.3, -0.25) is 0 Å². The van der Waals surface area contributed by atoms with Crippen molar-refractivity contribution in [3.8, 4) is 0 Å². The van der Waals surface area contributed by atoms with Crippen LogP contribution >= 0.6 is 15.9 Å². The summed E-state index contributed by atoms with van der Waals surface area (Å²) in [6.45, 7) is 5.83. The van der Waals surface area contributed by atoms with Gasteiger partial charge in [0.25, 0.3) is 0 Å². The van der Waals surface area contributed by atoms with Gasteiger partial charge < -0.3 is 0 Å². The monoisotopic (exact) mass is 297 g/mol. The van der Waals surface area contributed by atoms with Crippen molar-refractivity contribution in [2.75, 3.05) is 17.8 Å². The Hall–Kier alpha value is 0.390. The molecule has 5 heteroatoms. The van der Waals surface area contributed by atoms with Crippen molar-refractivity contribution >= 4 is 26.0 Å². The molecule has 0 aromatic heterocycles. The van der Waals surface area contributed by atoms with Crippen LogP contribution in [0.4, 0.5) is 0 Å². The van der Waals surface area contributed by atoms with Crippen molar-refractivity contribution in [1.29, 1.82) is 0 Å². The van der Waals surface area contributed by atoms with Crippen LogP contribution in [0.2, 0.25) is 0 Å². The third kappa shape index (κ3) is 3.71. The molecule has 15 heavy (non-hydrogen) atoms. The number of halogens is 1. The first-order valence-electron chi connectivity index (χ1n) is 5.51. The number of sulfonamides is 1. The van der Waals surface area contributed by atoms with E-state index in [0.717, 1.165) is 19.3 Å². The van der Waals surface area contributed by atoms with Crippen LogP contribution in [0.15, 0.2) is 0 Å². The quantitative estimate of drug-likeness (QED) is 0.750. The zero-order chi connectivity index (χ0) is 11.5. The third-order valence-corrected chi connectivity index (χ3v) is 6.37. The smallest absolute Gasteiger partial charge is 0.211 e. The SMILES string of the molecule is CC(C)C1CCCN(S(=O)(=O)CBr)CC1. The Morgan fingerprint density at radius 2 is 2.00 bits per heavy atom. The van der Waals surface area contributed by atoms with E-state index in [1.165, 1.54) is 0 Å². The first-order valence-corrected chi connectivity index (χ1v) is 8.24. The van der Waals surface area contributed by atoms with Crippen LogP contribution in [-0.4, -0.2) is 30.5 Å². The summed E-state index contributed by atoms with van der Waals surface area (Å²) >= 11 is 3.05. The van der Waals surface area contributed by atoms with Crippen LogP contribution in [0, 0.1) is 11.8 Å². The molecule has 0 saturated carbocycles. The molecule has 1 aliphatic heterocycles. The van der Waals surface area contributed by atoms with E-state index in [4.69, 9.17) is 0 Å². The standard InChI is InChI=1S/C10H20BrNO2S/c1-9(2)10-4-3-6-12(7-5-10)15(13,14)8-11/h9-10H,3-8H2,1-2H3. The van der Waals surface area contributed by atoms with E-state index in [0.29, 0.717) is 24.9 Å². The van der Waals surface area contributed by atoms with Crippen LogP contribution in [0.5, 0.6) is 0 Å². The van der Waals surface area contributed by atoms with Crippen molar-refractivity contribution in [2.24, 2.45) is 11.8 Å². The second kappa shape index (κ2) is 5.64. The van der Waals surface area contributed by atoms with E-state index in [9.17, 15) is 8.42 Å². The van der Waals surface area contributed by atoms with E-state index < -0.39 is 10.0 Å². The second-order valence-corrected chi connectivity index (χ2v) is 7.83. The lowest BCUT2D eigenvalue weighted by molar-refractivity contribution is 0.341. The number of alkyl halides is 1. The van der Waals surface area contributed by atoms with E-state index in [-0.39, 0.29) is 4.66 Å². The first-order chi connectivity index (χ1) is 6.97. The van der Waals surface area contributed by atoms with Crippen molar-refractivity contribution in [2.45, 2.75) is 33.1 Å². The van der Waals surface area contributed by atoms with E-state index >= 15 is 0 Å². The summed E-state index contributed by atoms with van der Waals surface area (Å²) in [5.41, 5.74) is 0. The Morgan fingerprint density at radius 3 is 2.53 bits per heavy atom. The average Bonchev–Trinajstić information content (AvgIpc) is 2.43. The molecule has 0 spiro atoms. The zero-order valence-corrected chi connectivity index (χ0v) is 11.8. The molecule has 0 aromatic carbocycles. The predicted molar refractivity (Wildman–Crippen MR) is 66.5 cm³/mol. The molecular formula is C10H20BrNO2S. The molecule has 3 nitrogen and oxygen atoms in total. The summed E-state index contributed by atoms with van der Waals surface area (Å²) in [5, 5.41) is 0. The molecule has 90 valence electrons. The molecule has 1 heterocycles. The molecule has 0 amide bonds. The zero-order valence-electron chi connectivity index (χ0n) is 9.45. The second-order valence-electron chi connectivity index (χ2n) is 4.56. The minimum absolute atomic E-state index is 0.0480. The van der Waals surface area contributed by atoms with Gasteiger partial charge in [-0.15, -0.1) is 0 Å². The minimum atomic E-state index is -3.04. The van der Waals surface area contributed by atoms with Crippen LogP contribution < -0.4 is 0 Å². The number of nitrogens with zero attached hydrogens (tertiary/aromatic N) is 1. The summed E-state index contributed by atoms with van der Waals surface area (Å²) in [6, 6.07) is 0. The lowest BCUT2D eigenvalue weighted by Gasteiger charge is -2.20. The first kappa shape index (κ1) is 13.5. The lowest BCUT2D eigenvalue weighted by atomic mass is 9.89. The summed E-state index contributed by atoms with van der Waals surface area (Å²) < 4.78 is 25.0. The van der Waals surface area contributed by atoms with Crippen molar-refractivity contribution in [3.05, 3.63) is 0 Å². The number of rotatable bonds is 3. The fraction of sp³-hybridized carbons (Fsp3) is 1.00. The molecule has 0 aromatic rings. The van der Waals surface area contributed by atoms with Gasteiger partial charge in [-0.2, -0.15) is 0 Å². The Labute approximate surface area is 101 Å². The van der Waals surface area contributed by atoms with Crippen molar-refractivity contribution < 1.29 is 8.42 Å². The molecule has 1 atom stereocenters. The molecule has 0 radical (unpaired) electrons. The summed E-state index contributed by atoms with van der Waals surface area (Å²) in [6.07, 6.45) is 3.16. The van der Waals surface area contributed by atoms with Gasteiger partial charge in [0.15, 0.2) is 0 Å². The van der Waals surface area contributed by atoms with Gasteiger partial charge in [0.2, 0.25) is 10.0 Å². The molecule has 1 fully saturated rings. The molecule has 1 unspecified atom stereocenters. The highest BCUT2D eigenvalue weighted by Crippen LogP contribution is 2.25. The van der Waals surface area contributed by atoms with Gasteiger partial charge in [-0.25, -0.2) is 12.7 Å². The molecule has 1 rings (SSSR count). The minimum Gasteiger partial charge on any atom is -0.211 e. The average molecular weight is 298 g/mol. The maximum absolute atomic E-state index is 11.7. The van der Waals surface area contributed by atoms with Gasteiger partial charge in [-0.05, 0) is 31.1 Å². The van der Waals surface area contributed by atoms with Gasteiger partial charge in [-0.1, -0.05) is 29.8 Å². The molecule has 0 aliphatic carbocycles. The Morgan fingerprint density at radius 1 is 1.33 bits per heavy atom. The normalized spacial score (nSPS) is 25.5. The Balaban J connectivity index is 2.61. The van der Waals surface area contributed by atoms with Gasteiger partial charge in [0.05, 0.1) is 0 Å². The number of hydrogen-bond acceptors (Lipinski definition) is 2. The maximum atomic E-state index is 11.7. The van der Waals surface area contributed by atoms with Crippen LogP contribution in [0.1, 0.15) is 33.1 Å². The van der Waals surface area contributed by atoms with E-state index in [2.05, 4.69) is 29.8 Å². The molecule has 1 saturated heterocycles. The highest BCUT2D eigenvalue weighted by molar-refractivity contribution is 9.10.